The van der Waals surface area contributed by atoms with Crippen LogP contribution in [0.25, 0.3) is 5.82 Å². The van der Waals surface area contributed by atoms with Crippen molar-refractivity contribution < 1.29 is 14.7 Å². The summed E-state index contributed by atoms with van der Waals surface area (Å²) >= 11 is 6.02. The Kier molecular flexibility index (Phi) is 4.46. The van der Waals surface area contributed by atoms with Gasteiger partial charge in [0.1, 0.15) is 12.2 Å². The largest absolute Gasteiger partial charge is 0.480 e. The normalized spacial score (nSPS) is 10.5. The number of aliphatic carboxylic acids is 1. The van der Waals surface area contributed by atoms with Crippen molar-refractivity contribution in [3.8, 4) is 5.82 Å². The molecule has 116 valence electrons. The van der Waals surface area contributed by atoms with E-state index in [1.165, 1.54) is 7.05 Å². The third-order valence-electron chi connectivity index (χ3n) is 2.98. The third kappa shape index (κ3) is 3.25. The van der Waals surface area contributed by atoms with Crippen LogP contribution in [-0.2, 0) is 4.79 Å². The fourth-order valence-corrected chi connectivity index (χ4v) is 2.20. The number of hydrogen-bond donors (Lipinski definition) is 1. The lowest BCUT2D eigenvalue weighted by Crippen LogP contribution is -2.32. The SMILES string of the molecule is Cc1cc(C)n(-c2ccc(Cl)c(C(=O)N(C)CC(=O)O)n2)n1. The molecule has 2 aromatic rings. The van der Waals surface area contributed by atoms with Crippen LogP contribution in [0.2, 0.25) is 5.02 Å². The van der Waals surface area contributed by atoms with Crippen LogP contribution in [-0.4, -0.2) is 50.2 Å². The van der Waals surface area contributed by atoms with Gasteiger partial charge in [0.2, 0.25) is 0 Å². The Balaban J connectivity index is 2.41. The summed E-state index contributed by atoms with van der Waals surface area (Å²) in [5.74, 6) is -1.22. The Morgan fingerprint density at radius 3 is 2.59 bits per heavy atom. The Hall–Kier alpha value is -2.41. The molecule has 0 spiro atoms. The highest BCUT2D eigenvalue weighted by atomic mass is 35.5. The molecule has 0 saturated carbocycles. The number of carboxylic acid groups (broad SMARTS) is 1. The molecule has 0 aliphatic heterocycles. The van der Waals surface area contributed by atoms with Gasteiger partial charge < -0.3 is 10.0 Å². The third-order valence-corrected chi connectivity index (χ3v) is 3.28. The zero-order valence-electron chi connectivity index (χ0n) is 12.4. The molecule has 0 unspecified atom stereocenters. The van der Waals surface area contributed by atoms with Gasteiger partial charge >= 0.3 is 5.97 Å². The lowest BCUT2D eigenvalue weighted by Gasteiger charge is -2.15. The van der Waals surface area contributed by atoms with Crippen LogP contribution < -0.4 is 0 Å². The minimum absolute atomic E-state index is 0.00419. The molecule has 0 aliphatic carbocycles. The quantitative estimate of drug-likeness (QED) is 0.925. The summed E-state index contributed by atoms with van der Waals surface area (Å²) in [7, 11) is 1.38. The first-order valence-corrected chi connectivity index (χ1v) is 6.85. The highest BCUT2D eigenvalue weighted by molar-refractivity contribution is 6.33. The Morgan fingerprint density at radius 1 is 1.36 bits per heavy atom. The van der Waals surface area contributed by atoms with E-state index in [4.69, 9.17) is 16.7 Å². The molecule has 2 aromatic heterocycles. The number of pyridine rings is 1. The Morgan fingerprint density at radius 2 is 2.05 bits per heavy atom. The maximum atomic E-state index is 12.3. The lowest BCUT2D eigenvalue weighted by molar-refractivity contribution is -0.137. The highest BCUT2D eigenvalue weighted by Crippen LogP contribution is 2.19. The van der Waals surface area contributed by atoms with Gasteiger partial charge in [-0.15, -0.1) is 0 Å². The van der Waals surface area contributed by atoms with Crippen LogP contribution in [0, 0.1) is 13.8 Å². The van der Waals surface area contributed by atoms with Crippen LogP contribution in [0.5, 0.6) is 0 Å². The molecule has 8 heteroatoms. The fraction of sp³-hybridized carbons (Fsp3) is 0.286. The van der Waals surface area contributed by atoms with Gasteiger partial charge in [0.05, 0.1) is 10.7 Å². The predicted octanol–water partition coefficient (Wildman–Crippen LogP) is 1.69. The van der Waals surface area contributed by atoms with Gasteiger partial charge in [-0.3, -0.25) is 9.59 Å². The number of hydrogen-bond acceptors (Lipinski definition) is 4. The van der Waals surface area contributed by atoms with Gasteiger partial charge in [0.25, 0.3) is 5.91 Å². The smallest absolute Gasteiger partial charge is 0.323 e. The highest BCUT2D eigenvalue weighted by Gasteiger charge is 2.20. The molecule has 0 saturated heterocycles. The zero-order chi connectivity index (χ0) is 16.4. The Bertz CT molecular complexity index is 742. The number of rotatable bonds is 4. The van der Waals surface area contributed by atoms with Crippen LogP contribution >= 0.6 is 11.6 Å². The monoisotopic (exact) mass is 322 g/mol. The first-order chi connectivity index (χ1) is 10.3. The molecule has 1 amide bonds. The van der Waals surface area contributed by atoms with Gasteiger partial charge in [0.15, 0.2) is 5.82 Å². The van der Waals surface area contributed by atoms with Crippen molar-refractivity contribution in [3.05, 3.63) is 40.3 Å². The van der Waals surface area contributed by atoms with Crippen molar-refractivity contribution in [1.82, 2.24) is 19.7 Å². The maximum absolute atomic E-state index is 12.3. The topological polar surface area (TPSA) is 88.3 Å². The van der Waals surface area contributed by atoms with Crippen LogP contribution in [0.4, 0.5) is 0 Å². The number of carbonyl (C=O) groups excluding carboxylic acids is 1. The summed E-state index contributed by atoms with van der Waals surface area (Å²) in [6.45, 7) is 3.29. The second-order valence-electron chi connectivity index (χ2n) is 4.89. The average Bonchev–Trinajstić information content (AvgIpc) is 2.76. The van der Waals surface area contributed by atoms with Crippen LogP contribution in [0.15, 0.2) is 18.2 Å². The van der Waals surface area contributed by atoms with E-state index in [-0.39, 0.29) is 10.7 Å². The molecule has 1 N–H and O–H groups in total. The first kappa shape index (κ1) is 16.0. The van der Waals surface area contributed by atoms with Crippen molar-refractivity contribution in [2.24, 2.45) is 0 Å². The van der Waals surface area contributed by atoms with Crippen molar-refractivity contribution in [2.45, 2.75) is 13.8 Å². The summed E-state index contributed by atoms with van der Waals surface area (Å²) in [6, 6.07) is 5.08. The summed E-state index contributed by atoms with van der Waals surface area (Å²) < 4.78 is 1.60. The number of halogens is 1. The van der Waals surface area contributed by atoms with Crippen LogP contribution in [0.1, 0.15) is 21.9 Å². The van der Waals surface area contributed by atoms with Gasteiger partial charge in [-0.05, 0) is 32.0 Å². The van der Waals surface area contributed by atoms with Crippen molar-refractivity contribution >= 4 is 23.5 Å². The van der Waals surface area contributed by atoms with Crippen molar-refractivity contribution in [1.29, 1.82) is 0 Å². The van der Waals surface area contributed by atoms with E-state index in [1.54, 1.807) is 16.8 Å². The van der Waals surface area contributed by atoms with E-state index in [0.717, 1.165) is 16.3 Å². The van der Waals surface area contributed by atoms with E-state index in [9.17, 15) is 9.59 Å². The number of aromatic nitrogens is 3. The minimum Gasteiger partial charge on any atom is -0.480 e. The summed E-state index contributed by atoms with van der Waals surface area (Å²) in [5.41, 5.74) is 1.69. The molecule has 0 fully saturated rings. The molecule has 0 aromatic carbocycles. The maximum Gasteiger partial charge on any atom is 0.323 e. The van der Waals surface area contributed by atoms with Gasteiger partial charge in [0, 0.05) is 12.7 Å². The number of aryl methyl sites for hydroxylation is 2. The number of amides is 1. The average molecular weight is 323 g/mol. The number of likely N-dealkylation sites (N-methyl/N-ethyl adjacent to an activating group) is 1. The summed E-state index contributed by atoms with van der Waals surface area (Å²) in [4.78, 5) is 28.2. The van der Waals surface area contributed by atoms with E-state index in [0.29, 0.717) is 5.82 Å². The van der Waals surface area contributed by atoms with Gasteiger partial charge in [-0.2, -0.15) is 5.10 Å². The molecule has 22 heavy (non-hydrogen) atoms. The molecule has 0 atom stereocenters. The number of carbonyl (C=O) groups is 2. The van der Waals surface area contributed by atoms with E-state index in [1.807, 2.05) is 19.9 Å². The Labute approximate surface area is 132 Å². The van der Waals surface area contributed by atoms with E-state index < -0.39 is 18.4 Å². The molecule has 0 aliphatic rings. The van der Waals surface area contributed by atoms with Crippen molar-refractivity contribution in [2.75, 3.05) is 13.6 Å². The fourth-order valence-electron chi connectivity index (χ4n) is 2.02. The summed E-state index contributed by atoms with van der Waals surface area (Å²) in [5, 5.41) is 13.2. The molecule has 7 nitrogen and oxygen atoms in total. The van der Waals surface area contributed by atoms with Crippen LogP contribution in [0.3, 0.4) is 0 Å². The minimum atomic E-state index is -1.11. The lowest BCUT2D eigenvalue weighted by atomic mass is 10.3. The standard InChI is InChI=1S/C14H15ClN4O3/c1-8-6-9(2)19(17-8)11-5-4-10(15)13(16-11)14(22)18(3)7-12(20)21/h4-6H,7H2,1-3H3,(H,20,21). The van der Waals surface area contributed by atoms with E-state index in [2.05, 4.69) is 10.1 Å². The number of carboxylic acids is 1. The molecule has 2 heterocycles. The molecule has 2 rings (SSSR count). The second-order valence-corrected chi connectivity index (χ2v) is 5.30. The molecule has 0 radical (unpaired) electrons. The molecular formula is C14H15ClN4O3. The second kappa shape index (κ2) is 6.15. The van der Waals surface area contributed by atoms with E-state index >= 15 is 0 Å². The molecule has 0 bridgehead atoms. The van der Waals surface area contributed by atoms with Crippen molar-refractivity contribution in [3.63, 3.8) is 0 Å². The molecular weight excluding hydrogens is 308 g/mol. The first-order valence-electron chi connectivity index (χ1n) is 6.47. The number of nitrogens with zero attached hydrogens (tertiary/aromatic N) is 4. The predicted molar refractivity (Wildman–Crippen MR) is 80.4 cm³/mol. The summed E-state index contributed by atoms with van der Waals surface area (Å²) in [6.07, 6.45) is 0. The zero-order valence-corrected chi connectivity index (χ0v) is 13.1. The van der Waals surface area contributed by atoms with Gasteiger partial charge in [-0.25, -0.2) is 9.67 Å². The van der Waals surface area contributed by atoms with Gasteiger partial charge in [-0.1, -0.05) is 11.6 Å².